The number of nitrogens with two attached hydrogens (primary N) is 1. The zero-order valence-electron chi connectivity index (χ0n) is 10.0. The summed E-state index contributed by atoms with van der Waals surface area (Å²) < 4.78 is 6.68. The van der Waals surface area contributed by atoms with Crippen molar-refractivity contribution in [3.63, 3.8) is 0 Å². The molecule has 1 amide bonds. The lowest BCUT2D eigenvalue weighted by atomic mass is 10.3. The van der Waals surface area contributed by atoms with Gasteiger partial charge in [-0.25, -0.2) is 0 Å². The minimum atomic E-state index is 0. The van der Waals surface area contributed by atoms with Crippen molar-refractivity contribution in [3.8, 4) is 5.75 Å². The van der Waals surface area contributed by atoms with Crippen LogP contribution in [0.15, 0.2) is 24.3 Å². The lowest BCUT2D eigenvalue weighted by Crippen LogP contribution is -2.29. The summed E-state index contributed by atoms with van der Waals surface area (Å²) in [5.74, 6) is 0.870. The van der Waals surface area contributed by atoms with Crippen LogP contribution in [0.2, 0.25) is 0 Å². The number of carbonyl (C=O) groups excluding carboxylic acids is 1. The van der Waals surface area contributed by atoms with Gasteiger partial charge in [0, 0.05) is 23.1 Å². The summed E-state index contributed by atoms with van der Waals surface area (Å²) in [6.45, 7) is 1.57. The summed E-state index contributed by atoms with van der Waals surface area (Å²) in [6, 6.07) is 7.83. The molecule has 1 aromatic carbocycles. The van der Waals surface area contributed by atoms with Gasteiger partial charge in [0.05, 0.1) is 6.61 Å². The molecule has 0 saturated carbocycles. The second-order valence-corrected chi connectivity index (χ2v) is 4.79. The first-order valence-electron chi connectivity index (χ1n) is 5.57. The van der Waals surface area contributed by atoms with Crippen LogP contribution in [0.3, 0.4) is 0 Å². The molecule has 0 saturated heterocycles. The maximum Gasteiger partial charge on any atom is 0.220 e. The van der Waals surface area contributed by atoms with Crippen LogP contribution in [0, 0.1) is 3.57 Å². The molecule has 0 bridgehead atoms. The van der Waals surface area contributed by atoms with E-state index >= 15 is 0 Å². The minimum Gasteiger partial charge on any atom is -0.494 e. The molecule has 0 aliphatic rings. The SMILES string of the molecule is Cl.NCCNC(=O)CCCOc1ccc(I)cc1. The zero-order chi connectivity index (χ0) is 12.5. The molecular weight excluding hydrogens is 367 g/mol. The monoisotopic (exact) mass is 384 g/mol. The molecule has 0 heterocycles. The van der Waals surface area contributed by atoms with Gasteiger partial charge in [-0.2, -0.15) is 0 Å². The van der Waals surface area contributed by atoms with Crippen LogP contribution < -0.4 is 15.8 Å². The highest BCUT2D eigenvalue weighted by Crippen LogP contribution is 2.13. The fourth-order valence-corrected chi connectivity index (χ4v) is 1.61. The first-order valence-corrected chi connectivity index (χ1v) is 6.65. The molecule has 0 fully saturated rings. The van der Waals surface area contributed by atoms with Crippen molar-refractivity contribution in [2.75, 3.05) is 19.7 Å². The first kappa shape index (κ1) is 17.5. The van der Waals surface area contributed by atoms with Crippen molar-refractivity contribution in [1.29, 1.82) is 0 Å². The molecular formula is C12H18ClIN2O2. The van der Waals surface area contributed by atoms with Gasteiger partial charge >= 0.3 is 0 Å². The third kappa shape index (κ3) is 7.73. The van der Waals surface area contributed by atoms with Gasteiger partial charge < -0.3 is 15.8 Å². The number of halogens is 2. The molecule has 0 radical (unpaired) electrons. The molecule has 1 aromatic rings. The van der Waals surface area contributed by atoms with Crippen LogP contribution in [0.5, 0.6) is 5.75 Å². The molecule has 0 aliphatic carbocycles. The molecule has 1 rings (SSSR count). The van der Waals surface area contributed by atoms with Gasteiger partial charge in [-0.05, 0) is 53.3 Å². The Morgan fingerprint density at radius 3 is 2.61 bits per heavy atom. The molecule has 102 valence electrons. The molecule has 0 atom stereocenters. The maximum atomic E-state index is 11.2. The summed E-state index contributed by atoms with van der Waals surface area (Å²) in [4.78, 5) is 11.2. The van der Waals surface area contributed by atoms with Crippen molar-refractivity contribution in [2.45, 2.75) is 12.8 Å². The summed E-state index contributed by atoms with van der Waals surface area (Å²) in [7, 11) is 0. The highest BCUT2D eigenvalue weighted by Gasteiger charge is 2.00. The maximum absolute atomic E-state index is 11.2. The standard InChI is InChI=1S/C12H17IN2O2.ClH/c13-10-3-5-11(6-4-10)17-9-1-2-12(16)15-8-7-14;/h3-6H,1-2,7-9,14H2,(H,15,16);1H. The number of hydrogen-bond acceptors (Lipinski definition) is 3. The third-order valence-electron chi connectivity index (χ3n) is 2.10. The molecule has 6 heteroatoms. The predicted molar refractivity (Wildman–Crippen MR) is 83.2 cm³/mol. The van der Waals surface area contributed by atoms with E-state index in [-0.39, 0.29) is 18.3 Å². The summed E-state index contributed by atoms with van der Waals surface area (Å²) in [5.41, 5.74) is 5.28. The van der Waals surface area contributed by atoms with Crippen LogP contribution in [0.4, 0.5) is 0 Å². The second kappa shape index (κ2) is 10.4. The third-order valence-corrected chi connectivity index (χ3v) is 2.82. The van der Waals surface area contributed by atoms with Crippen LogP contribution in [-0.4, -0.2) is 25.6 Å². The van der Waals surface area contributed by atoms with Gasteiger partial charge in [-0.3, -0.25) is 4.79 Å². The molecule has 0 spiro atoms. The Morgan fingerprint density at radius 2 is 2.00 bits per heavy atom. The van der Waals surface area contributed by atoms with Gasteiger partial charge in [-0.15, -0.1) is 12.4 Å². The average Bonchev–Trinajstić information content (AvgIpc) is 2.34. The van der Waals surface area contributed by atoms with Gasteiger partial charge in [0.2, 0.25) is 5.91 Å². The van der Waals surface area contributed by atoms with Gasteiger partial charge in [0.1, 0.15) is 5.75 Å². The summed E-state index contributed by atoms with van der Waals surface area (Å²) in [6.07, 6.45) is 1.19. The Kier molecular flexibility index (Phi) is 10.1. The Labute approximate surface area is 127 Å². The molecule has 0 aliphatic heterocycles. The van der Waals surface area contributed by atoms with E-state index in [0.717, 1.165) is 5.75 Å². The van der Waals surface area contributed by atoms with E-state index in [1.165, 1.54) is 3.57 Å². The van der Waals surface area contributed by atoms with Crippen LogP contribution >= 0.6 is 35.0 Å². The van der Waals surface area contributed by atoms with Crippen LogP contribution in [-0.2, 0) is 4.79 Å². The largest absolute Gasteiger partial charge is 0.494 e. The topological polar surface area (TPSA) is 64.3 Å². The lowest BCUT2D eigenvalue weighted by Gasteiger charge is -2.06. The number of ether oxygens (including phenoxy) is 1. The van der Waals surface area contributed by atoms with Crippen molar-refractivity contribution in [2.24, 2.45) is 5.73 Å². The fraction of sp³-hybridized carbons (Fsp3) is 0.417. The second-order valence-electron chi connectivity index (χ2n) is 3.54. The molecule has 3 N–H and O–H groups in total. The Hall–Kier alpha value is -0.530. The smallest absolute Gasteiger partial charge is 0.220 e. The first-order chi connectivity index (χ1) is 8.22. The van der Waals surface area contributed by atoms with E-state index in [4.69, 9.17) is 10.5 Å². The van der Waals surface area contributed by atoms with E-state index in [2.05, 4.69) is 27.9 Å². The predicted octanol–water partition coefficient (Wildman–Crippen LogP) is 1.95. The molecule has 0 unspecified atom stereocenters. The van der Waals surface area contributed by atoms with Crippen molar-refractivity contribution in [3.05, 3.63) is 27.8 Å². The van der Waals surface area contributed by atoms with E-state index in [1.54, 1.807) is 0 Å². The average molecular weight is 385 g/mol. The Bertz CT molecular complexity index is 346. The van der Waals surface area contributed by atoms with Crippen molar-refractivity contribution in [1.82, 2.24) is 5.32 Å². The van der Waals surface area contributed by atoms with Crippen molar-refractivity contribution >= 4 is 40.9 Å². The van der Waals surface area contributed by atoms with E-state index < -0.39 is 0 Å². The number of carbonyl (C=O) groups is 1. The number of hydrogen-bond donors (Lipinski definition) is 2. The Balaban J connectivity index is 0.00000289. The number of benzene rings is 1. The molecule has 18 heavy (non-hydrogen) atoms. The Morgan fingerprint density at radius 1 is 1.33 bits per heavy atom. The highest BCUT2D eigenvalue weighted by molar-refractivity contribution is 14.1. The van der Waals surface area contributed by atoms with Crippen LogP contribution in [0.25, 0.3) is 0 Å². The van der Waals surface area contributed by atoms with E-state index in [0.29, 0.717) is 32.5 Å². The van der Waals surface area contributed by atoms with Crippen molar-refractivity contribution < 1.29 is 9.53 Å². The van der Waals surface area contributed by atoms with Gasteiger partial charge in [-0.1, -0.05) is 0 Å². The lowest BCUT2D eigenvalue weighted by molar-refractivity contribution is -0.121. The fourth-order valence-electron chi connectivity index (χ4n) is 1.25. The van der Waals surface area contributed by atoms with Gasteiger partial charge in [0.15, 0.2) is 0 Å². The normalized spacial score (nSPS) is 9.44. The molecule has 0 aromatic heterocycles. The number of nitrogens with one attached hydrogen (secondary N) is 1. The highest BCUT2D eigenvalue weighted by atomic mass is 127. The quantitative estimate of drug-likeness (QED) is 0.558. The van der Waals surface area contributed by atoms with E-state index in [1.807, 2.05) is 24.3 Å². The summed E-state index contributed by atoms with van der Waals surface area (Å²) >= 11 is 2.24. The molecule has 4 nitrogen and oxygen atoms in total. The summed E-state index contributed by atoms with van der Waals surface area (Å²) in [5, 5.41) is 2.72. The minimum absolute atomic E-state index is 0. The van der Waals surface area contributed by atoms with Crippen LogP contribution in [0.1, 0.15) is 12.8 Å². The number of rotatable bonds is 7. The zero-order valence-corrected chi connectivity index (χ0v) is 13.0. The van der Waals surface area contributed by atoms with Gasteiger partial charge in [0.25, 0.3) is 0 Å². The number of amides is 1. The van der Waals surface area contributed by atoms with E-state index in [9.17, 15) is 4.79 Å².